The van der Waals surface area contributed by atoms with E-state index in [1.54, 1.807) is 16.2 Å². The number of nitrogens with one attached hydrogen (secondary N) is 1. The van der Waals surface area contributed by atoms with Crippen LogP contribution in [0.15, 0.2) is 23.0 Å². The van der Waals surface area contributed by atoms with Gasteiger partial charge in [-0.25, -0.2) is 4.98 Å². The summed E-state index contributed by atoms with van der Waals surface area (Å²) in [6, 6.07) is 5.82. The highest BCUT2D eigenvalue weighted by Crippen LogP contribution is 2.34. The van der Waals surface area contributed by atoms with Crippen LogP contribution in [0.3, 0.4) is 0 Å². The normalized spacial score (nSPS) is 15.9. The van der Waals surface area contributed by atoms with Gasteiger partial charge in [0, 0.05) is 23.7 Å². The molecule has 7 heteroatoms. The van der Waals surface area contributed by atoms with Gasteiger partial charge in [-0.05, 0) is 54.5 Å². The van der Waals surface area contributed by atoms with Crippen molar-refractivity contribution in [2.45, 2.75) is 32.2 Å². The van der Waals surface area contributed by atoms with Crippen molar-refractivity contribution in [2.75, 3.05) is 12.3 Å². The first kappa shape index (κ1) is 15.6. The molecule has 0 unspecified atom stereocenters. The maximum atomic E-state index is 12.9. The van der Waals surface area contributed by atoms with Crippen molar-refractivity contribution in [1.82, 2.24) is 14.9 Å². The van der Waals surface area contributed by atoms with Crippen LogP contribution >= 0.6 is 11.3 Å². The van der Waals surface area contributed by atoms with Gasteiger partial charge in [-0.1, -0.05) is 6.07 Å². The van der Waals surface area contributed by atoms with Crippen LogP contribution in [0.4, 0.5) is 5.69 Å². The average Bonchev–Trinajstić information content (AvgIpc) is 3.20. The van der Waals surface area contributed by atoms with Crippen molar-refractivity contribution in [3.63, 3.8) is 0 Å². The van der Waals surface area contributed by atoms with Gasteiger partial charge in [0.2, 0.25) is 5.82 Å². The number of nitrogen functional groups attached to an aromatic ring is 1. The predicted molar refractivity (Wildman–Crippen MR) is 102 cm³/mol. The van der Waals surface area contributed by atoms with E-state index in [1.165, 1.54) is 10.4 Å². The highest BCUT2D eigenvalue weighted by molar-refractivity contribution is 7.18. The molecule has 0 spiro atoms. The molecule has 5 rings (SSSR count). The summed E-state index contributed by atoms with van der Waals surface area (Å²) in [5, 5.41) is 0.677. The average molecular weight is 366 g/mol. The number of rotatable bonds is 1. The van der Waals surface area contributed by atoms with Crippen LogP contribution < -0.4 is 11.3 Å². The standard InChI is InChI=1S/C19H18N4O2S/c20-12-5-4-10-6-7-23(9-11(10)8-12)19(25)16-21-17(24)15-13-2-1-3-14(13)26-18(15)22-16/h4-5,8H,1-3,6-7,9,20H2,(H,21,22,24). The molecule has 3 N–H and O–H groups in total. The third-order valence-corrected chi connectivity index (χ3v) is 6.49. The summed E-state index contributed by atoms with van der Waals surface area (Å²) >= 11 is 1.55. The zero-order valence-corrected chi connectivity index (χ0v) is 15.0. The summed E-state index contributed by atoms with van der Waals surface area (Å²) in [6.07, 6.45) is 3.80. The SMILES string of the molecule is Nc1ccc2c(c1)CN(C(=O)c1nc3sc4c(c3c(=O)[nH]1)CCC4)CC2. The van der Waals surface area contributed by atoms with Crippen LogP contribution in [0.5, 0.6) is 0 Å². The fourth-order valence-electron chi connectivity index (χ4n) is 4.00. The second-order valence-corrected chi connectivity index (χ2v) is 8.04. The Labute approximate surface area is 153 Å². The van der Waals surface area contributed by atoms with E-state index in [2.05, 4.69) is 9.97 Å². The second kappa shape index (κ2) is 5.67. The van der Waals surface area contributed by atoms with E-state index in [1.807, 2.05) is 18.2 Å². The van der Waals surface area contributed by atoms with Crippen molar-refractivity contribution in [2.24, 2.45) is 0 Å². The van der Waals surface area contributed by atoms with Gasteiger partial charge in [0.05, 0.1) is 5.39 Å². The lowest BCUT2D eigenvalue weighted by atomic mass is 9.99. The molecule has 3 heterocycles. The Morgan fingerprint density at radius 1 is 1.23 bits per heavy atom. The zero-order chi connectivity index (χ0) is 17.8. The number of benzene rings is 1. The maximum Gasteiger partial charge on any atom is 0.290 e. The number of anilines is 1. The number of hydrogen-bond donors (Lipinski definition) is 2. The Morgan fingerprint density at radius 3 is 3.00 bits per heavy atom. The van der Waals surface area contributed by atoms with E-state index in [4.69, 9.17) is 5.73 Å². The maximum absolute atomic E-state index is 12.9. The monoisotopic (exact) mass is 366 g/mol. The molecular weight excluding hydrogens is 348 g/mol. The van der Waals surface area contributed by atoms with E-state index in [-0.39, 0.29) is 17.3 Å². The van der Waals surface area contributed by atoms with E-state index in [0.717, 1.165) is 36.8 Å². The molecule has 1 aliphatic heterocycles. The molecule has 0 atom stereocenters. The molecule has 2 aromatic heterocycles. The number of nitrogens with zero attached hydrogens (tertiary/aromatic N) is 2. The van der Waals surface area contributed by atoms with Gasteiger partial charge in [-0.15, -0.1) is 11.3 Å². The summed E-state index contributed by atoms with van der Waals surface area (Å²) in [5.74, 6) is -0.0968. The summed E-state index contributed by atoms with van der Waals surface area (Å²) < 4.78 is 0. The molecule has 1 amide bonds. The third-order valence-electron chi connectivity index (χ3n) is 5.31. The van der Waals surface area contributed by atoms with E-state index < -0.39 is 0 Å². The third kappa shape index (κ3) is 2.34. The van der Waals surface area contributed by atoms with Gasteiger partial charge >= 0.3 is 0 Å². The van der Waals surface area contributed by atoms with Gasteiger partial charge in [0.25, 0.3) is 11.5 Å². The molecule has 0 saturated carbocycles. The summed E-state index contributed by atoms with van der Waals surface area (Å²) in [4.78, 5) is 36.4. The molecule has 26 heavy (non-hydrogen) atoms. The lowest BCUT2D eigenvalue weighted by molar-refractivity contribution is 0.0722. The molecule has 0 radical (unpaired) electrons. The van der Waals surface area contributed by atoms with Crippen molar-refractivity contribution < 1.29 is 4.79 Å². The molecule has 1 aliphatic carbocycles. The quantitative estimate of drug-likeness (QED) is 0.646. The number of aromatic nitrogens is 2. The van der Waals surface area contributed by atoms with E-state index >= 15 is 0 Å². The Kier molecular flexibility index (Phi) is 3.40. The van der Waals surface area contributed by atoms with Gasteiger partial charge in [-0.2, -0.15) is 0 Å². The molecule has 0 saturated heterocycles. The fourth-order valence-corrected chi connectivity index (χ4v) is 5.27. The minimum absolute atomic E-state index is 0.134. The Hall–Kier alpha value is -2.67. The largest absolute Gasteiger partial charge is 0.399 e. The van der Waals surface area contributed by atoms with Gasteiger partial charge in [-0.3, -0.25) is 9.59 Å². The Morgan fingerprint density at radius 2 is 2.12 bits per heavy atom. The van der Waals surface area contributed by atoms with E-state index in [9.17, 15) is 9.59 Å². The van der Waals surface area contributed by atoms with Gasteiger partial charge < -0.3 is 15.6 Å². The summed E-state index contributed by atoms with van der Waals surface area (Å²) in [5.41, 5.74) is 9.77. The molecular formula is C19H18N4O2S. The molecule has 132 valence electrons. The number of carbonyl (C=O) groups is 1. The number of aryl methyl sites for hydroxylation is 2. The van der Waals surface area contributed by atoms with Crippen molar-refractivity contribution in [3.8, 4) is 0 Å². The van der Waals surface area contributed by atoms with Crippen LogP contribution in [-0.2, 0) is 25.8 Å². The number of carbonyl (C=O) groups excluding carboxylic acids is 1. The zero-order valence-electron chi connectivity index (χ0n) is 14.2. The molecule has 1 aromatic carbocycles. The second-order valence-electron chi connectivity index (χ2n) is 6.96. The topological polar surface area (TPSA) is 92.1 Å². The first-order chi connectivity index (χ1) is 12.6. The number of thiophene rings is 1. The lowest BCUT2D eigenvalue weighted by Gasteiger charge is -2.28. The minimum Gasteiger partial charge on any atom is -0.399 e. The van der Waals surface area contributed by atoms with Crippen LogP contribution in [0, 0.1) is 0 Å². The molecule has 2 aliphatic rings. The van der Waals surface area contributed by atoms with Gasteiger partial charge in [0.1, 0.15) is 4.83 Å². The number of H-pyrrole nitrogens is 1. The fraction of sp³-hybridized carbons (Fsp3) is 0.316. The first-order valence-corrected chi connectivity index (χ1v) is 9.63. The van der Waals surface area contributed by atoms with Crippen LogP contribution in [0.25, 0.3) is 10.2 Å². The molecule has 0 bridgehead atoms. The summed E-state index contributed by atoms with van der Waals surface area (Å²) in [7, 11) is 0. The van der Waals surface area contributed by atoms with Crippen molar-refractivity contribution in [1.29, 1.82) is 0 Å². The predicted octanol–water partition coefficient (Wildman–Crippen LogP) is 2.25. The number of nitrogens with two attached hydrogens (primary N) is 1. The highest BCUT2D eigenvalue weighted by Gasteiger charge is 2.26. The number of hydrogen-bond acceptors (Lipinski definition) is 5. The number of fused-ring (bicyclic) bond motifs is 4. The van der Waals surface area contributed by atoms with Crippen molar-refractivity contribution in [3.05, 3.63) is 55.9 Å². The van der Waals surface area contributed by atoms with Crippen LogP contribution in [-0.4, -0.2) is 27.3 Å². The summed E-state index contributed by atoms with van der Waals surface area (Å²) in [6.45, 7) is 1.10. The van der Waals surface area contributed by atoms with Gasteiger partial charge in [0.15, 0.2) is 0 Å². The Balaban J connectivity index is 1.50. The number of amides is 1. The lowest BCUT2D eigenvalue weighted by Crippen LogP contribution is -2.37. The minimum atomic E-state index is -0.231. The van der Waals surface area contributed by atoms with E-state index in [0.29, 0.717) is 29.0 Å². The first-order valence-electron chi connectivity index (χ1n) is 8.81. The van der Waals surface area contributed by atoms with Crippen LogP contribution in [0.1, 0.15) is 38.6 Å². The highest BCUT2D eigenvalue weighted by atomic mass is 32.1. The number of aromatic amines is 1. The Bertz CT molecular complexity index is 1110. The van der Waals surface area contributed by atoms with Crippen LogP contribution in [0.2, 0.25) is 0 Å². The molecule has 0 fully saturated rings. The van der Waals surface area contributed by atoms with Crippen molar-refractivity contribution >= 4 is 33.1 Å². The molecule has 3 aromatic rings. The smallest absolute Gasteiger partial charge is 0.290 e. The molecule has 6 nitrogen and oxygen atoms in total.